The van der Waals surface area contributed by atoms with Crippen molar-refractivity contribution in [2.45, 2.75) is 19.7 Å². The highest BCUT2D eigenvalue weighted by Gasteiger charge is 2.31. The molecule has 5 rings (SSSR count). The van der Waals surface area contributed by atoms with Crippen LogP contribution in [0.25, 0.3) is 22.3 Å². The van der Waals surface area contributed by atoms with Gasteiger partial charge in [-0.1, -0.05) is 54.1 Å². The SMILES string of the molecule is CCOc1cc(C=Nn2c(-c3cccc(C(F)(F)F)c3)nc3ccccc3c2=O)cc(Cl)c1OCc1ccccc1F. The summed E-state index contributed by atoms with van der Waals surface area (Å²) in [5.41, 5.74) is -0.389. The van der Waals surface area contributed by atoms with Crippen LogP contribution in [-0.2, 0) is 12.8 Å². The van der Waals surface area contributed by atoms with Crippen molar-refractivity contribution in [3.05, 3.63) is 123 Å². The number of ether oxygens (including phenoxy) is 2. The summed E-state index contributed by atoms with van der Waals surface area (Å²) in [6, 6.07) is 20.2. The smallest absolute Gasteiger partial charge is 0.416 e. The van der Waals surface area contributed by atoms with Gasteiger partial charge in [0.05, 0.1) is 34.3 Å². The summed E-state index contributed by atoms with van der Waals surface area (Å²) in [4.78, 5) is 17.9. The molecule has 0 atom stereocenters. The molecule has 0 N–H and O–H groups in total. The standard InChI is InChI=1S/C31H22ClF4N3O3/c1-2-41-27-15-19(14-24(32)28(27)42-18-21-8-3-5-12-25(21)33)17-37-39-29(20-9-7-10-22(16-20)31(34,35)36)38-26-13-6-4-11-23(26)30(39)40/h3-17H,2,18H2,1H3. The van der Waals surface area contributed by atoms with Crippen molar-refractivity contribution >= 4 is 28.7 Å². The van der Waals surface area contributed by atoms with E-state index in [0.29, 0.717) is 16.6 Å². The molecule has 42 heavy (non-hydrogen) atoms. The lowest BCUT2D eigenvalue weighted by Crippen LogP contribution is -2.20. The summed E-state index contributed by atoms with van der Waals surface area (Å²) < 4.78 is 66.9. The van der Waals surface area contributed by atoms with Gasteiger partial charge in [-0.25, -0.2) is 9.37 Å². The Bertz CT molecular complexity index is 1850. The van der Waals surface area contributed by atoms with Gasteiger partial charge in [0.25, 0.3) is 5.56 Å². The van der Waals surface area contributed by atoms with Gasteiger partial charge in [-0.05, 0) is 55.0 Å². The predicted octanol–water partition coefficient (Wildman–Crippen LogP) is 7.73. The topological polar surface area (TPSA) is 65.7 Å². The molecule has 5 aromatic rings. The fourth-order valence-corrected chi connectivity index (χ4v) is 4.48. The molecule has 0 bridgehead atoms. The molecule has 0 amide bonds. The third-order valence-electron chi connectivity index (χ3n) is 6.19. The molecule has 1 aromatic heterocycles. The van der Waals surface area contributed by atoms with Crippen LogP contribution < -0.4 is 15.0 Å². The summed E-state index contributed by atoms with van der Waals surface area (Å²) in [6.45, 7) is 1.93. The van der Waals surface area contributed by atoms with Gasteiger partial charge >= 0.3 is 6.18 Å². The molecule has 0 radical (unpaired) electrons. The van der Waals surface area contributed by atoms with Crippen molar-refractivity contribution in [3.8, 4) is 22.9 Å². The van der Waals surface area contributed by atoms with E-state index in [1.165, 1.54) is 30.5 Å². The Labute approximate surface area is 242 Å². The molecule has 0 aliphatic rings. The number of nitrogens with zero attached hydrogens (tertiary/aromatic N) is 3. The normalized spacial score (nSPS) is 11.8. The number of fused-ring (bicyclic) bond motifs is 1. The van der Waals surface area contributed by atoms with Gasteiger partial charge in [0.1, 0.15) is 12.4 Å². The van der Waals surface area contributed by atoms with E-state index in [1.54, 1.807) is 55.5 Å². The average molecular weight is 596 g/mol. The zero-order valence-electron chi connectivity index (χ0n) is 22.0. The maximum absolute atomic E-state index is 14.1. The zero-order valence-corrected chi connectivity index (χ0v) is 22.8. The maximum atomic E-state index is 14.1. The van der Waals surface area contributed by atoms with E-state index in [2.05, 4.69) is 10.1 Å². The van der Waals surface area contributed by atoms with E-state index in [0.717, 1.165) is 16.8 Å². The quantitative estimate of drug-likeness (QED) is 0.136. The number of benzene rings is 4. The number of hydrogen-bond acceptors (Lipinski definition) is 5. The first-order valence-corrected chi connectivity index (χ1v) is 13.1. The first kappa shape index (κ1) is 28.8. The van der Waals surface area contributed by atoms with Crippen molar-refractivity contribution in [2.24, 2.45) is 5.10 Å². The van der Waals surface area contributed by atoms with Gasteiger partial charge < -0.3 is 9.47 Å². The second-order valence-corrected chi connectivity index (χ2v) is 9.44. The molecule has 0 saturated heterocycles. The lowest BCUT2D eigenvalue weighted by molar-refractivity contribution is -0.137. The minimum Gasteiger partial charge on any atom is -0.490 e. The monoisotopic (exact) mass is 595 g/mol. The maximum Gasteiger partial charge on any atom is 0.416 e. The third-order valence-corrected chi connectivity index (χ3v) is 6.47. The van der Waals surface area contributed by atoms with Crippen LogP contribution in [0.2, 0.25) is 5.02 Å². The molecule has 214 valence electrons. The Hall–Kier alpha value is -4.70. The first-order valence-electron chi connectivity index (χ1n) is 12.7. The Balaban J connectivity index is 1.57. The molecule has 11 heteroatoms. The van der Waals surface area contributed by atoms with Gasteiger partial charge in [0, 0.05) is 11.1 Å². The fraction of sp³-hybridized carbons (Fsp3) is 0.129. The number of hydrogen-bond donors (Lipinski definition) is 0. The Morgan fingerprint density at radius 1 is 0.976 bits per heavy atom. The summed E-state index contributed by atoms with van der Waals surface area (Å²) in [6.07, 6.45) is -3.28. The average Bonchev–Trinajstić information content (AvgIpc) is 2.97. The zero-order chi connectivity index (χ0) is 29.9. The van der Waals surface area contributed by atoms with Crippen LogP contribution in [-0.4, -0.2) is 22.5 Å². The van der Waals surface area contributed by atoms with E-state index >= 15 is 0 Å². The van der Waals surface area contributed by atoms with Gasteiger partial charge in [-0.2, -0.15) is 22.9 Å². The molecular formula is C31H22ClF4N3O3. The molecule has 0 fully saturated rings. The van der Waals surface area contributed by atoms with Crippen LogP contribution in [0.1, 0.15) is 23.6 Å². The van der Waals surface area contributed by atoms with E-state index in [9.17, 15) is 22.4 Å². The van der Waals surface area contributed by atoms with Crippen LogP contribution in [0.3, 0.4) is 0 Å². The van der Waals surface area contributed by atoms with Crippen molar-refractivity contribution in [2.75, 3.05) is 6.61 Å². The molecular weight excluding hydrogens is 574 g/mol. The number of aromatic nitrogens is 2. The lowest BCUT2D eigenvalue weighted by atomic mass is 10.1. The molecule has 0 unspecified atom stereocenters. The molecule has 0 saturated carbocycles. The highest BCUT2D eigenvalue weighted by atomic mass is 35.5. The predicted molar refractivity (Wildman–Crippen MR) is 153 cm³/mol. The Morgan fingerprint density at radius 2 is 1.74 bits per heavy atom. The van der Waals surface area contributed by atoms with Gasteiger partial charge in [-0.15, -0.1) is 0 Å². The minimum absolute atomic E-state index is 0.0507. The number of para-hydroxylation sites is 1. The molecule has 0 aliphatic carbocycles. The summed E-state index contributed by atoms with van der Waals surface area (Å²) in [5.74, 6) is -0.0682. The van der Waals surface area contributed by atoms with Crippen LogP contribution in [0.15, 0.2) is 94.8 Å². The number of halogens is 5. The molecule has 0 spiro atoms. The summed E-state index contributed by atoms with van der Waals surface area (Å²) in [5, 5.41) is 4.67. The molecule has 6 nitrogen and oxygen atoms in total. The number of alkyl halides is 3. The van der Waals surface area contributed by atoms with Crippen LogP contribution in [0.5, 0.6) is 11.5 Å². The van der Waals surface area contributed by atoms with Gasteiger partial charge in [0.15, 0.2) is 17.3 Å². The van der Waals surface area contributed by atoms with E-state index < -0.39 is 23.1 Å². The fourth-order valence-electron chi connectivity index (χ4n) is 4.21. The van der Waals surface area contributed by atoms with Gasteiger partial charge in [0.2, 0.25) is 0 Å². The molecule has 4 aromatic carbocycles. The van der Waals surface area contributed by atoms with Crippen LogP contribution in [0, 0.1) is 5.82 Å². The van der Waals surface area contributed by atoms with Crippen LogP contribution >= 0.6 is 11.6 Å². The van der Waals surface area contributed by atoms with Crippen molar-refractivity contribution < 1.29 is 27.0 Å². The minimum atomic E-state index is -4.59. The van der Waals surface area contributed by atoms with Crippen LogP contribution in [0.4, 0.5) is 17.6 Å². The third kappa shape index (κ3) is 6.13. The van der Waals surface area contributed by atoms with E-state index in [4.69, 9.17) is 21.1 Å². The molecule has 1 heterocycles. The highest BCUT2D eigenvalue weighted by molar-refractivity contribution is 6.32. The highest BCUT2D eigenvalue weighted by Crippen LogP contribution is 2.37. The number of rotatable bonds is 8. The Morgan fingerprint density at radius 3 is 2.50 bits per heavy atom. The Kier molecular flexibility index (Phi) is 8.26. The second kappa shape index (κ2) is 12.0. The second-order valence-electron chi connectivity index (χ2n) is 9.04. The molecule has 0 aliphatic heterocycles. The van der Waals surface area contributed by atoms with E-state index in [1.807, 2.05) is 0 Å². The van der Waals surface area contributed by atoms with Gasteiger partial charge in [-0.3, -0.25) is 4.79 Å². The summed E-state index contributed by atoms with van der Waals surface area (Å²) >= 11 is 6.51. The first-order chi connectivity index (χ1) is 20.2. The largest absolute Gasteiger partial charge is 0.490 e. The summed E-state index contributed by atoms with van der Waals surface area (Å²) in [7, 11) is 0. The lowest BCUT2D eigenvalue weighted by Gasteiger charge is -2.15. The van der Waals surface area contributed by atoms with Crippen molar-refractivity contribution in [1.29, 1.82) is 0 Å². The van der Waals surface area contributed by atoms with Crippen molar-refractivity contribution in [1.82, 2.24) is 9.66 Å². The van der Waals surface area contributed by atoms with Crippen molar-refractivity contribution in [3.63, 3.8) is 0 Å². The van der Waals surface area contributed by atoms with E-state index in [-0.39, 0.29) is 46.5 Å².